The average Bonchev–Trinajstić information content (AvgIpc) is 2.79. The van der Waals surface area contributed by atoms with Gasteiger partial charge in [0.05, 0.1) is 0 Å². The molecule has 0 fully saturated rings. The van der Waals surface area contributed by atoms with Gasteiger partial charge in [0.2, 0.25) is 0 Å². The number of unbranched alkanes of at least 4 members (excludes halogenated alkanes) is 4. The summed E-state index contributed by atoms with van der Waals surface area (Å²) in [7, 11) is 3.08. The Morgan fingerprint density at radius 1 is 0.633 bits per heavy atom. The summed E-state index contributed by atoms with van der Waals surface area (Å²) < 4.78 is 10.3. The molecule has 0 amide bonds. The van der Waals surface area contributed by atoms with Gasteiger partial charge in [-0.3, -0.25) is 0 Å². The second-order valence-corrected chi connectivity index (χ2v) is 34.4. The van der Waals surface area contributed by atoms with Gasteiger partial charge in [0, 0.05) is 0 Å². The van der Waals surface area contributed by atoms with E-state index in [0.29, 0.717) is 6.42 Å². The maximum atomic E-state index is 13.8. The van der Waals surface area contributed by atoms with Gasteiger partial charge >= 0.3 is 193 Å². The van der Waals surface area contributed by atoms with E-state index in [-0.39, 0.29) is 15.0 Å². The average molecular weight is 548 g/mol. The van der Waals surface area contributed by atoms with Crippen LogP contribution in [0.1, 0.15) is 86.5 Å². The summed E-state index contributed by atoms with van der Waals surface area (Å²) in [6.45, 7) is 14.2. The fourth-order valence-electron chi connectivity index (χ4n) is 6.40. The molecule has 0 aliphatic heterocycles. The van der Waals surface area contributed by atoms with Gasteiger partial charge < -0.3 is 0 Å². The first kappa shape index (κ1) is 30.0. The van der Waals surface area contributed by atoms with Crippen molar-refractivity contribution in [2.24, 2.45) is 0 Å². The summed E-state index contributed by atoms with van der Waals surface area (Å²) >= 11 is -4.96. The van der Waals surface area contributed by atoms with E-state index < -0.39 is 26.5 Å². The summed E-state index contributed by atoms with van der Waals surface area (Å²) in [5, 5.41) is 7.38. The zero-order valence-electron chi connectivity index (χ0n) is 21.3. The summed E-state index contributed by atoms with van der Waals surface area (Å²) in [6.07, 6.45) is 6.92. The van der Waals surface area contributed by atoms with Gasteiger partial charge in [-0.1, -0.05) is 0 Å². The Labute approximate surface area is 192 Å². The van der Waals surface area contributed by atoms with E-state index >= 15 is 0 Å². The second kappa shape index (κ2) is 15.0. The van der Waals surface area contributed by atoms with Crippen LogP contribution in [0.3, 0.4) is 0 Å². The molecule has 0 N–H and O–H groups in total. The monoisotopic (exact) mass is 550 g/mol. The van der Waals surface area contributed by atoms with Gasteiger partial charge in [0.15, 0.2) is 0 Å². The van der Waals surface area contributed by atoms with Crippen LogP contribution in [-0.2, 0) is 19.1 Å². The molecular weight excluding hydrogens is 497 g/mol. The van der Waals surface area contributed by atoms with E-state index in [1.54, 1.807) is 7.11 Å². The van der Waals surface area contributed by atoms with Gasteiger partial charge in [-0.05, 0) is 0 Å². The predicted octanol–water partition coefficient (Wildman–Crippen LogP) is 7.36. The standard InChI is InChI=1S/C24H50Ge2O4/c1-9-25(10-2,11-3)24(23(28)30-8,26(12-4,13-5)14-6)21-19-17-15-16-18-20-22(27)29-7/h9-21H2,1-8H3. The number of carbonyl (C=O) groups excluding carboxylic acids is 2. The van der Waals surface area contributed by atoms with E-state index in [1.807, 2.05) is 0 Å². The fourth-order valence-corrected chi connectivity index (χ4v) is 51.7. The van der Waals surface area contributed by atoms with Gasteiger partial charge in [0.25, 0.3) is 0 Å². The zero-order chi connectivity index (χ0) is 23.3. The van der Waals surface area contributed by atoms with Gasteiger partial charge in [-0.2, -0.15) is 0 Å². The van der Waals surface area contributed by atoms with Crippen LogP contribution in [0.4, 0.5) is 0 Å². The summed E-state index contributed by atoms with van der Waals surface area (Å²) in [6, 6.07) is 0. The van der Waals surface area contributed by atoms with Crippen LogP contribution >= 0.6 is 0 Å². The Bertz CT molecular complexity index is 463. The molecule has 0 spiro atoms. The molecule has 0 aliphatic rings. The van der Waals surface area contributed by atoms with E-state index in [4.69, 9.17) is 9.47 Å². The van der Waals surface area contributed by atoms with Crippen LogP contribution < -0.4 is 0 Å². The van der Waals surface area contributed by atoms with Crippen LogP contribution in [0.2, 0.25) is 34.6 Å². The number of rotatable bonds is 17. The Kier molecular flexibility index (Phi) is 15.0. The molecule has 6 heteroatoms. The molecule has 0 saturated carbocycles. The molecule has 0 aromatic carbocycles. The number of esters is 2. The quantitative estimate of drug-likeness (QED) is 0.108. The Hall–Kier alpha value is 0.0257. The molecule has 0 heterocycles. The van der Waals surface area contributed by atoms with E-state index in [2.05, 4.69) is 41.5 Å². The molecule has 4 nitrogen and oxygen atoms in total. The number of hydrogen-bond donors (Lipinski definition) is 0. The Morgan fingerprint density at radius 2 is 1.03 bits per heavy atom. The van der Waals surface area contributed by atoms with Crippen molar-refractivity contribution >= 4 is 38.5 Å². The van der Waals surface area contributed by atoms with Crippen LogP contribution in [0, 0.1) is 0 Å². The molecule has 0 bridgehead atoms. The van der Waals surface area contributed by atoms with E-state index in [0.717, 1.165) is 38.5 Å². The third-order valence-corrected chi connectivity index (χ3v) is 46.7. The maximum absolute atomic E-state index is 13.8. The summed E-state index contributed by atoms with van der Waals surface area (Å²) in [5.74, 6) is 0.0578. The molecule has 0 aliphatic carbocycles. The van der Waals surface area contributed by atoms with Gasteiger partial charge in [0.1, 0.15) is 0 Å². The fraction of sp³-hybridized carbons (Fsp3) is 0.917. The Balaban J connectivity index is 5.77. The van der Waals surface area contributed by atoms with Gasteiger partial charge in [-0.25, -0.2) is 0 Å². The molecule has 0 atom stereocenters. The third kappa shape index (κ3) is 6.29. The molecule has 0 aromatic heterocycles. The van der Waals surface area contributed by atoms with Crippen molar-refractivity contribution in [3.8, 4) is 0 Å². The van der Waals surface area contributed by atoms with Crippen molar-refractivity contribution in [2.75, 3.05) is 14.2 Å². The van der Waals surface area contributed by atoms with Crippen molar-refractivity contribution in [2.45, 2.75) is 121 Å². The SMILES string of the molecule is C[CH2][Ge]([CH2]C)([CH2]C)[C](CCCCCCCC(=O)OC)(C(=O)OC)[Ge]([CH2]C)([CH2]C)[CH2]C. The number of hydrogen-bond acceptors (Lipinski definition) is 4. The molecule has 0 radical (unpaired) electrons. The van der Waals surface area contributed by atoms with Crippen molar-refractivity contribution < 1.29 is 19.1 Å². The van der Waals surface area contributed by atoms with Crippen molar-refractivity contribution in [1.29, 1.82) is 0 Å². The third-order valence-electron chi connectivity index (χ3n) is 8.57. The van der Waals surface area contributed by atoms with Crippen LogP contribution in [0.5, 0.6) is 0 Å². The first-order valence-corrected chi connectivity index (χ1v) is 23.5. The number of carbonyl (C=O) groups is 2. The zero-order valence-corrected chi connectivity index (χ0v) is 25.5. The molecule has 0 rings (SSSR count). The number of methoxy groups -OCH3 is 2. The van der Waals surface area contributed by atoms with E-state index in [1.165, 1.54) is 38.6 Å². The predicted molar refractivity (Wildman–Crippen MR) is 133 cm³/mol. The first-order valence-electron chi connectivity index (χ1n) is 12.5. The minimum atomic E-state index is -2.48. The van der Waals surface area contributed by atoms with Crippen molar-refractivity contribution in [3.05, 3.63) is 0 Å². The minimum absolute atomic E-state index is 0.0860. The molecule has 0 aromatic rings. The molecular formula is C24H50Ge2O4. The molecule has 0 unspecified atom stereocenters. The normalized spacial score (nSPS) is 12.7. The second-order valence-electron chi connectivity index (χ2n) is 8.92. The molecule has 30 heavy (non-hydrogen) atoms. The topological polar surface area (TPSA) is 52.6 Å². The van der Waals surface area contributed by atoms with Crippen molar-refractivity contribution in [3.63, 3.8) is 0 Å². The van der Waals surface area contributed by atoms with Crippen molar-refractivity contribution in [1.82, 2.24) is 0 Å². The summed E-state index contributed by atoms with van der Waals surface area (Å²) in [4.78, 5) is 25.1. The molecule has 178 valence electrons. The molecule has 0 saturated heterocycles. The van der Waals surface area contributed by atoms with Gasteiger partial charge in [-0.15, -0.1) is 0 Å². The van der Waals surface area contributed by atoms with E-state index in [9.17, 15) is 9.59 Å². The van der Waals surface area contributed by atoms with Crippen LogP contribution in [-0.4, -0.2) is 52.7 Å². The first-order chi connectivity index (χ1) is 14.3. The van der Waals surface area contributed by atoms with Crippen LogP contribution in [0.15, 0.2) is 0 Å². The van der Waals surface area contributed by atoms with Crippen LogP contribution in [0.25, 0.3) is 0 Å². The number of ether oxygens (including phenoxy) is 2. The summed E-state index contributed by atoms with van der Waals surface area (Å²) in [5.41, 5.74) is 0. The Morgan fingerprint density at radius 3 is 1.40 bits per heavy atom.